The average molecular weight is 335 g/mol. The average Bonchev–Trinajstić information content (AvgIpc) is 2.53. The molecule has 0 aliphatic carbocycles. The number of halogens is 1. The summed E-state index contributed by atoms with van der Waals surface area (Å²) in [5.41, 5.74) is -1.33. The van der Waals surface area contributed by atoms with Crippen LogP contribution < -0.4 is 10.6 Å². The molecule has 1 aliphatic heterocycles. The van der Waals surface area contributed by atoms with Gasteiger partial charge >= 0.3 is 12.0 Å². The Balaban J connectivity index is 2.02. The topological polar surface area (TPSA) is 114 Å². The predicted octanol–water partition coefficient (Wildman–Crippen LogP) is 0.539. The van der Waals surface area contributed by atoms with Crippen LogP contribution in [0.15, 0.2) is 24.5 Å². The number of pyridine rings is 1. The number of aromatic nitrogens is 1. The van der Waals surface area contributed by atoms with E-state index in [0.717, 1.165) is 18.3 Å². The zero-order chi connectivity index (χ0) is 17.7. The third-order valence-corrected chi connectivity index (χ3v) is 3.53. The molecule has 9 heteroatoms. The van der Waals surface area contributed by atoms with Gasteiger partial charge in [0.05, 0.1) is 6.20 Å². The van der Waals surface area contributed by atoms with Crippen molar-refractivity contribution in [1.82, 2.24) is 15.6 Å². The van der Waals surface area contributed by atoms with Gasteiger partial charge in [0, 0.05) is 12.3 Å². The number of urea groups is 1. The standard InChI is InChI=1S/C15H14FN3O5/c1-2-15(12(21)18-14(23)19-13(15)22)8-24-11(20)4-3-9-5-10(16)7-17-6-9/h3-7H,2,8H2,1H3,(H2,18,19,21,22,23)/b4-3+. The van der Waals surface area contributed by atoms with Gasteiger partial charge in [0.25, 0.3) is 0 Å². The van der Waals surface area contributed by atoms with Crippen molar-refractivity contribution in [2.24, 2.45) is 5.41 Å². The Hall–Kier alpha value is -3.10. The minimum absolute atomic E-state index is 0.0305. The number of nitrogens with zero attached hydrogens (tertiary/aromatic N) is 1. The second-order valence-corrected chi connectivity index (χ2v) is 5.05. The fourth-order valence-electron chi connectivity index (χ4n) is 2.06. The Morgan fingerprint density at radius 2 is 1.96 bits per heavy atom. The highest BCUT2D eigenvalue weighted by Crippen LogP contribution is 2.25. The molecule has 0 unspecified atom stereocenters. The summed E-state index contributed by atoms with van der Waals surface area (Å²) in [6, 6.07) is 0.247. The summed E-state index contributed by atoms with van der Waals surface area (Å²) >= 11 is 0. The van der Waals surface area contributed by atoms with Gasteiger partial charge in [0.2, 0.25) is 11.8 Å². The van der Waals surface area contributed by atoms with E-state index in [1.807, 2.05) is 10.6 Å². The summed E-state index contributed by atoms with van der Waals surface area (Å²) in [4.78, 5) is 50.3. The normalized spacial score (nSPS) is 16.7. The van der Waals surface area contributed by atoms with Crippen LogP contribution in [0.4, 0.5) is 9.18 Å². The Bertz CT molecular complexity index is 712. The molecule has 0 saturated carbocycles. The molecule has 0 atom stereocenters. The molecule has 24 heavy (non-hydrogen) atoms. The SMILES string of the molecule is CCC1(COC(=O)/C=C/c2cncc(F)c2)C(=O)NC(=O)NC1=O. The summed E-state index contributed by atoms with van der Waals surface area (Å²) in [7, 11) is 0. The van der Waals surface area contributed by atoms with Crippen molar-refractivity contribution in [3.05, 3.63) is 35.9 Å². The van der Waals surface area contributed by atoms with Gasteiger partial charge in [-0.15, -0.1) is 0 Å². The highest BCUT2D eigenvalue weighted by atomic mass is 19.1. The molecular formula is C15H14FN3O5. The van der Waals surface area contributed by atoms with Crippen LogP contribution in [0.25, 0.3) is 6.08 Å². The fourth-order valence-corrected chi connectivity index (χ4v) is 2.06. The minimum atomic E-state index is -1.67. The lowest BCUT2D eigenvalue weighted by Crippen LogP contribution is -2.63. The molecule has 1 saturated heterocycles. The molecule has 1 aromatic heterocycles. The molecule has 2 rings (SSSR count). The second kappa shape index (κ2) is 6.99. The van der Waals surface area contributed by atoms with Crippen LogP contribution in [0.1, 0.15) is 18.9 Å². The van der Waals surface area contributed by atoms with Crippen LogP contribution in [0.5, 0.6) is 0 Å². The molecular weight excluding hydrogens is 321 g/mol. The van der Waals surface area contributed by atoms with Crippen molar-refractivity contribution in [2.45, 2.75) is 13.3 Å². The lowest BCUT2D eigenvalue weighted by Gasteiger charge is -2.32. The first-order valence-electron chi connectivity index (χ1n) is 6.99. The number of amides is 4. The maximum atomic E-state index is 13.0. The number of nitrogens with one attached hydrogen (secondary N) is 2. The summed E-state index contributed by atoms with van der Waals surface area (Å²) in [5, 5.41) is 3.94. The van der Waals surface area contributed by atoms with Gasteiger partial charge in [-0.1, -0.05) is 6.92 Å². The predicted molar refractivity (Wildman–Crippen MR) is 78.6 cm³/mol. The van der Waals surface area contributed by atoms with E-state index in [0.29, 0.717) is 5.56 Å². The van der Waals surface area contributed by atoms with Crippen LogP contribution in [-0.4, -0.2) is 35.4 Å². The fraction of sp³-hybridized carbons (Fsp3) is 0.267. The van der Waals surface area contributed by atoms with Crippen molar-refractivity contribution in [3.63, 3.8) is 0 Å². The van der Waals surface area contributed by atoms with Crippen LogP contribution >= 0.6 is 0 Å². The zero-order valence-corrected chi connectivity index (χ0v) is 12.7. The van der Waals surface area contributed by atoms with Crippen LogP contribution in [0.2, 0.25) is 0 Å². The Morgan fingerprint density at radius 1 is 1.29 bits per heavy atom. The highest BCUT2D eigenvalue weighted by Gasteiger charge is 2.50. The zero-order valence-electron chi connectivity index (χ0n) is 12.7. The maximum Gasteiger partial charge on any atom is 0.330 e. The van der Waals surface area contributed by atoms with Crippen molar-refractivity contribution in [2.75, 3.05) is 6.61 Å². The minimum Gasteiger partial charge on any atom is -0.461 e. The van der Waals surface area contributed by atoms with Gasteiger partial charge in [0.1, 0.15) is 12.4 Å². The number of rotatable bonds is 5. The number of carbonyl (C=O) groups excluding carboxylic acids is 4. The van der Waals surface area contributed by atoms with Crippen molar-refractivity contribution in [1.29, 1.82) is 0 Å². The molecule has 0 spiro atoms. The van der Waals surface area contributed by atoms with Crippen LogP contribution in [0, 0.1) is 11.2 Å². The van der Waals surface area contributed by atoms with Crippen molar-refractivity contribution < 1.29 is 28.3 Å². The Morgan fingerprint density at radius 3 is 2.54 bits per heavy atom. The van der Waals surface area contributed by atoms with Gasteiger partial charge in [-0.05, 0) is 24.1 Å². The molecule has 1 aromatic rings. The van der Waals surface area contributed by atoms with Crippen molar-refractivity contribution in [3.8, 4) is 0 Å². The third-order valence-electron chi connectivity index (χ3n) is 3.53. The van der Waals surface area contributed by atoms with Crippen LogP contribution in [0.3, 0.4) is 0 Å². The number of hydrogen-bond donors (Lipinski definition) is 2. The van der Waals surface area contributed by atoms with E-state index in [-0.39, 0.29) is 6.42 Å². The summed E-state index contributed by atoms with van der Waals surface area (Å²) in [5.74, 6) is -3.05. The third kappa shape index (κ3) is 3.62. The molecule has 1 fully saturated rings. The lowest BCUT2D eigenvalue weighted by atomic mass is 9.82. The molecule has 0 radical (unpaired) electrons. The highest BCUT2D eigenvalue weighted by molar-refractivity contribution is 6.19. The first kappa shape index (κ1) is 17.3. The van der Waals surface area contributed by atoms with Crippen LogP contribution in [-0.2, 0) is 19.1 Å². The molecule has 0 aromatic carbocycles. The van der Waals surface area contributed by atoms with Gasteiger partial charge in [-0.3, -0.25) is 25.2 Å². The summed E-state index contributed by atoms with van der Waals surface area (Å²) in [6.45, 7) is 1.02. The Labute approximate surface area is 136 Å². The quantitative estimate of drug-likeness (QED) is 0.461. The molecule has 4 amide bonds. The second-order valence-electron chi connectivity index (χ2n) is 5.05. The van der Waals surface area contributed by atoms with Gasteiger partial charge < -0.3 is 4.74 Å². The number of barbiturate groups is 1. The number of ether oxygens (including phenoxy) is 1. The number of esters is 1. The molecule has 1 aliphatic rings. The monoisotopic (exact) mass is 335 g/mol. The van der Waals surface area contributed by atoms with Gasteiger partial charge in [-0.2, -0.15) is 0 Å². The largest absolute Gasteiger partial charge is 0.461 e. The first-order valence-corrected chi connectivity index (χ1v) is 6.99. The maximum absolute atomic E-state index is 13.0. The van der Waals surface area contributed by atoms with Gasteiger partial charge in [0.15, 0.2) is 5.41 Å². The van der Waals surface area contributed by atoms with E-state index in [1.54, 1.807) is 6.92 Å². The number of carbonyl (C=O) groups is 4. The lowest BCUT2D eigenvalue weighted by molar-refractivity contribution is -0.154. The van der Waals surface area contributed by atoms with E-state index in [1.165, 1.54) is 12.3 Å². The molecule has 2 N–H and O–H groups in total. The van der Waals surface area contributed by atoms with E-state index < -0.39 is 41.7 Å². The Kier molecular flexibility index (Phi) is 5.02. The first-order chi connectivity index (χ1) is 11.4. The molecule has 126 valence electrons. The van der Waals surface area contributed by atoms with Crippen molar-refractivity contribution >= 4 is 29.9 Å². The van der Waals surface area contributed by atoms with E-state index in [9.17, 15) is 23.6 Å². The van der Waals surface area contributed by atoms with E-state index >= 15 is 0 Å². The smallest absolute Gasteiger partial charge is 0.330 e. The molecule has 2 heterocycles. The van der Waals surface area contributed by atoms with Gasteiger partial charge in [-0.25, -0.2) is 14.0 Å². The summed E-state index contributed by atoms with van der Waals surface area (Å²) in [6.07, 6.45) is 4.68. The molecule has 8 nitrogen and oxygen atoms in total. The number of hydrogen-bond acceptors (Lipinski definition) is 6. The van der Waals surface area contributed by atoms with E-state index in [4.69, 9.17) is 4.74 Å². The molecule has 0 bridgehead atoms. The summed E-state index contributed by atoms with van der Waals surface area (Å²) < 4.78 is 17.9. The number of imide groups is 2. The van der Waals surface area contributed by atoms with E-state index in [2.05, 4.69) is 4.98 Å².